The predicted octanol–water partition coefficient (Wildman–Crippen LogP) is 2.78. The Balaban J connectivity index is 1.90. The zero-order chi connectivity index (χ0) is 13.0. The van der Waals surface area contributed by atoms with Crippen molar-refractivity contribution in [2.45, 2.75) is 26.2 Å². The fourth-order valence-corrected chi connectivity index (χ4v) is 2.50. The normalized spacial score (nSPS) is 20.0. The highest BCUT2D eigenvalue weighted by atomic mass is 35.5. The number of fused-ring (bicyclic) bond motifs is 1. The summed E-state index contributed by atoms with van der Waals surface area (Å²) in [5.74, 6) is 1.24. The minimum absolute atomic E-state index is 0.127. The standard InChI is InChI=1S/C15H20ClNO/c1-11(9-16)10-17-15(18)14-7-6-12-4-2-3-5-13(12)8-14/h2-5,11,14H,6-10H2,1H3,(H,17,18). The molecule has 1 N–H and O–H groups in total. The lowest BCUT2D eigenvalue weighted by Crippen LogP contribution is -2.36. The van der Waals surface area contributed by atoms with Gasteiger partial charge in [-0.3, -0.25) is 4.79 Å². The summed E-state index contributed by atoms with van der Waals surface area (Å²) < 4.78 is 0. The lowest BCUT2D eigenvalue weighted by molar-refractivity contribution is -0.125. The first-order valence-electron chi connectivity index (χ1n) is 6.61. The average Bonchev–Trinajstić information content (AvgIpc) is 2.43. The third kappa shape index (κ3) is 3.26. The Bertz CT molecular complexity index is 419. The van der Waals surface area contributed by atoms with E-state index < -0.39 is 0 Å². The third-order valence-corrected chi connectivity index (χ3v) is 4.13. The lowest BCUT2D eigenvalue weighted by atomic mass is 9.83. The Morgan fingerprint density at radius 2 is 2.17 bits per heavy atom. The van der Waals surface area contributed by atoms with Crippen LogP contribution in [0.1, 0.15) is 24.5 Å². The molecule has 1 aliphatic carbocycles. The van der Waals surface area contributed by atoms with Gasteiger partial charge < -0.3 is 5.32 Å². The van der Waals surface area contributed by atoms with Crippen LogP contribution in [0.2, 0.25) is 0 Å². The van der Waals surface area contributed by atoms with Crippen LogP contribution in [0.4, 0.5) is 0 Å². The van der Waals surface area contributed by atoms with Gasteiger partial charge in [-0.05, 0) is 36.3 Å². The summed E-state index contributed by atoms with van der Waals surface area (Å²) in [7, 11) is 0. The molecule has 98 valence electrons. The zero-order valence-electron chi connectivity index (χ0n) is 10.8. The summed E-state index contributed by atoms with van der Waals surface area (Å²) in [6.45, 7) is 2.73. The number of nitrogens with one attached hydrogen (secondary N) is 1. The number of carbonyl (C=O) groups is 1. The molecule has 0 heterocycles. The van der Waals surface area contributed by atoms with Crippen molar-refractivity contribution in [2.75, 3.05) is 12.4 Å². The molecule has 0 fully saturated rings. The first-order chi connectivity index (χ1) is 8.70. The molecular formula is C15H20ClNO. The molecule has 0 spiro atoms. The molecule has 18 heavy (non-hydrogen) atoms. The molecule has 2 atom stereocenters. The lowest BCUT2D eigenvalue weighted by Gasteiger charge is -2.24. The molecule has 1 aliphatic rings. The second kappa shape index (κ2) is 6.24. The second-order valence-electron chi connectivity index (χ2n) is 5.21. The fourth-order valence-electron chi connectivity index (χ4n) is 2.40. The smallest absolute Gasteiger partial charge is 0.223 e. The Kier molecular flexibility index (Phi) is 4.65. The Morgan fingerprint density at radius 1 is 1.44 bits per heavy atom. The maximum absolute atomic E-state index is 12.1. The summed E-state index contributed by atoms with van der Waals surface area (Å²) in [5, 5.41) is 3.01. The van der Waals surface area contributed by atoms with E-state index in [0.717, 1.165) is 19.3 Å². The number of aryl methyl sites for hydroxylation is 1. The van der Waals surface area contributed by atoms with Gasteiger partial charge in [-0.15, -0.1) is 11.6 Å². The van der Waals surface area contributed by atoms with Gasteiger partial charge in [-0.1, -0.05) is 31.2 Å². The maximum atomic E-state index is 12.1. The van der Waals surface area contributed by atoms with Gasteiger partial charge >= 0.3 is 0 Å². The van der Waals surface area contributed by atoms with Crippen LogP contribution in [-0.2, 0) is 17.6 Å². The topological polar surface area (TPSA) is 29.1 Å². The SMILES string of the molecule is CC(CCl)CNC(=O)C1CCc2ccccc2C1. The minimum atomic E-state index is 0.127. The average molecular weight is 266 g/mol. The molecule has 2 unspecified atom stereocenters. The number of alkyl halides is 1. The van der Waals surface area contributed by atoms with Gasteiger partial charge in [0.1, 0.15) is 0 Å². The molecule has 0 bridgehead atoms. The highest BCUT2D eigenvalue weighted by Crippen LogP contribution is 2.25. The number of halogens is 1. The van der Waals surface area contributed by atoms with Gasteiger partial charge in [0, 0.05) is 18.3 Å². The summed E-state index contributed by atoms with van der Waals surface area (Å²) in [6, 6.07) is 8.42. The van der Waals surface area contributed by atoms with Crippen LogP contribution in [0.15, 0.2) is 24.3 Å². The van der Waals surface area contributed by atoms with Crippen molar-refractivity contribution in [3.63, 3.8) is 0 Å². The van der Waals surface area contributed by atoms with Crippen LogP contribution in [0, 0.1) is 11.8 Å². The van der Waals surface area contributed by atoms with Crippen LogP contribution in [-0.4, -0.2) is 18.3 Å². The largest absolute Gasteiger partial charge is 0.356 e. The summed E-state index contributed by atoms with van der Waals surface area (Å²) >= 11 is 5.74. The van der Waals surface area contributed by atoms with E-state index in [-0.39, 0.29) is 11.8 Å². The molecule has 0 radical (unpaired) electrons. The summed E-state index contributed by atoms with van der Waals surface area (Å²) in [5.41, 5.74) is 2.73. The quantitative estimate of drug-likeness (QED) is 0.834. The Labute approximate surface area is 114 Å². The van der Waals surface area contributed by atoms with E-state index in [1.165, 1.54) is 11.1 Å². The van der Waals surface area contributed by atoms with E-state index in [2.05, 4.69) is 29.6 Å². The van der Waals surface area contributed by atoms with Crippen LogP contribution in [0.25, 0.3) is 0 Å². The van der Waals surface area contributed by atoms with Crippen LogP contribution < -0.4 is 5.32 Å². The van der Waals surface area contributed by atoms with Crippen molar-refractivity contribution in [1.82, 2.24) is 5.32 Å². The third-order valence-electron chi connectivity index (χ3n) is 3.61. The molecule has 1 amide bonds. The molecule has 3 heteroatoms. The van der Waals surface area contributed by atoms with Gasteiger partial charge in [0.15, 0.2) is 0 Å². The van der Waals surface area contributed by atoms with Crippen LogP contribution in [0.5, 0.6) is 0 Å². The molecule has 1 aromatic carbocycles. The van der Waals surface area contributed by atoms with Crippen molar-refractivity contribution in [3.8, 4) is 0 Å². The number of carbonyl (C=O) groups excluding carboxylic acids is 1. The van der Waals surface area contributed by atoms with E-state index in [0.29, 0.717) is 18.3 Å². The summed E-state index contributed by atoms with van der Waals surface area (Å²) in [6.07, 6.45) is 2.84. The summed E-state index contributed by atoms with van der Waals surface area (Å²) in [4.78, 5) is 12.1. The van der Waals surface area contributed by atoms with Gasteiger partial charge in [-0.25, -0.2) is 0 Å². The van der Waals surface area contributed by atoms with Crippen molar-refractivity contribution >= 4 is 17.5 Å². The zero-order valence-corrected chi connectivity index (χ0v) is 11.5. The molecule has 0 aliphatic heterocycles. The number of hydrogen-bond acceptors (Lipinski definition) is 1. The fraction of sp³-hybridized carbons (Fsp3) is 0.533. The highest BCUT2D eigenvalue weighted by Gasteiger charge is 2.24. The minimum Gasteiger partial charge on any atom is -0.356 e. The van der Waals surface area contributed by atoms with Gasteiger partial charge in [0.2, 0.25) is 5.91 Å². The highest BCUT2D eigenvalue weighted by molar-refractivity contribution is 6.18. The monoisotopic (exact) mass is 265 g/mol. The molecule has 2 nitrogen and oxygen atoms in total. The first-order valence-corrected chi connectivity index (χ1v) is 7.14. The van der Waals surface area contributed by atoms with Crippen molar-refractivity contribution < 1.29 is 4.79 Å². The van der Waals surface area contributed by atoms with Gasteiger partial charge in [0.05, 0.1) is 0 Å². The molecule has 0 aromatic heterocycles. The van der Waals surface area contributed by atoms with Crippen molar-refractivity contribution in [1.29, 1.82) is 0 Å². The second-order valence-corrected chi connectivity index (χ2v) is 5.52. The van der Waals surface area contributed by atoms with E-state index in [4.69, 9.17) is 11.6 Å². The van der Waals surface area contributed by atoms with Gasteiger partial charge in [0.25, 0.3) is 0 Å². The Hall–Kier alpha value is -1.02. The molecule has 2 rings (SSSR count). The van der Waals surface area contributed by atoms with Crippen molar-refractivity contribution in [3.05, 3.63) is 35.4 Å². The molecule has 0 saturated heterocycles. The number of hydrogen-bond donors (Lipinski definition) is 1. The molecular weight excluding hydrogens is 246 g/mol. The van der Waals surface area contributed by atoms with E-state index in [1.54, 1.807) is 0 Å². The number of rotatable bonds is 4. The first kappa shape index (κ1) is 13.4. The Morgan fingerprint density at radius 3 is 2.89 bits per heavy atom. The van der Waals surface area contributed by atoms with Crippen LogP contribution in [0.3, 0.4) is 0 Å². The van der Waals surface area contributed by atoms with E-state index >= 15 is 0 Å². The van der Waals surface area contributed by atoms with Crippen molar-refractivity contribution in [2.24, 2.45) is 11.8 Å². The maximum Gasteiger partial charge on any atom is 0.223 e. The molecule has 1 aromatic rings. The number of benzene rings is 1. The predicted molar refractivity (Wildman–Crippen MR) is 74.9 cm³/mol. The van der Waals surface area contributed by atoms with Gasteiger partial charge in [-0.2, -0.15) is 0 Å². The van der Waals surface area contributed by atoms with E-state index in [1.807, 2.05) is 6.92 Å². The van der Waals surface area contributed by atoms with E-state index in [9.17, 15) is 4.79 Å². The molecule has 0 saturated carbocycles. The van der Waals surface area contributed by atoms with Crippen LogP contribution >= 0.6 is 11.6 Å². The number of amides is 1.